The zero-order chi connectivity index (χ0) is 28.9. The van der Waals surface area contributed by atoms with Crippen molar-refractivity contribution in [3.63, 3.8) is 0 Å². The van der Waals surface area contributed by atoms with Crippen molar-refractivity contribution in [1.29, 1.82) is 0 Å². The highest BCUT2D eigenvalue weighted by molar-refractivity contribution is 7.92. The van der Waals surface area contributed by atoms with Crippen molar-refractivity contribution in [3.8, 4) is 0 Å². The van der Waals surface area contributed by atoms with E-state index in [0.29, 0.717) is 16.1 Å². The number of nitro benzene ring substituents is 1. The molecule has 0 spiro atoms. The number of halogens is 2. The van der Waals surface area contributed by atoms with Gasteiger partial charge in [0.2, 0.25) is 21.8 Å². The van der Waals surface area contributed by atoms with E-state index < -0.39 is 33.4 Å². The molecule has 0 aliphatic heterocycles. The molecule has 39 heavy (non-hydrogen) atoms. The zero-order valence-electron chi connectivity index (χ0n) is 22.0. The van der Waals surface area contributed by atoms with Crippen LogP contribution in [0, 0.1) is 17.0 Å². The van der Waals surface area contributed by atoms with Crippen molar-refractivity contribution in [3.05, 3.63) is 67.7 Å². The van der Waals surface area contributed by atoms with E-state index in [1.54, 1.807) is 32.0 Å². The van der Waals surface area contributed by atoms with Crippen molar-refractivity contribution < 1.29 is 22.9 Å². The first kappa shape index (κ1) is 30.6. The molecule has 3 rings (SSSR count). The standard InChI is InChI=1S/C26H32Cl2N4O6S/c1-4-23(26(34)29-19-7-5-6-8-19)30(15-18-10-12-21(27)22(28)13-18)25(33)16-31(39(3,37)38)24-14-20(32(35)36)11-9-17(24)2/h9-14,19,23H,4-8,15-16H2,1-3H3,(H,29,34)/t23-/m0/s1. The van der Waals surface area contributed by atoms with Gasteiger partial charge >= 0.3 is 0 Å². The second kappa shape index (κ2) is 13.0. The third kappa shape index (κ3) is 7.83. The minimum Gasteiger partial charge on any atom is -0.352 e. The summed E-state index contributed by atoms with van der Waals surface area (Å²) in [6, 6.07) is 7.79. The van der Waals surface area contributed by atoms with Crippen LogP contribution in [0.15, 0.2) is 36.4 Å². The lowest BCUT2D eigenvalue weighted by molar-refractivity contribution is -0.384. The first-order valence-corrected chi connectivity index (χ1v) is 15.2. The number of amides is 2. The summed E-state index contributed by atoms with van der Waals surface area (Å²) in [5, 5.41) is 15.0. The third-order valence-electron chi connectivity index (χ3n) is 6.78. The van der Waals surface area contributed by atoms with Gasteiger partial charge in [-0.25, -0.2) is 8.42 Å². The van der Waals surface area contributed by atoms with Gasteiger partial charge in [0, 0.05) is 24.7 Å². The smallest absolute Gasteiger partial charge is 0.271 e. The molecule has 2 amide bonds. The van der Waals surface area contributed by atoms with Crippen LogP contribution in [-0.2, 0) is 26.2 Å². The summed E-state index contributed by atoms with van der Waals surface area (Å²) in [5.74, 6) is -0.971. The number of hydrogen-bond acceptors (Lipinski definition) is 6. The molecule has 0 aromatic heterocycles. The molecule has 1 fully saturated rings. The summed E-state index contributed by atoms with van der Waals surface area (Å²) >= 11 is 12.2. The highest BCUT2D eigenvalue weighted by Crippen LogP contribution is 2.29. The molecule has 0 saturated heterocycles. The third-order valence-corrected chi connectivity index (χ3v) is 8.64. The highest BCUT2D eigenvalue weighted by Gasteiger charge is 2.33. The number of hydrogen-bond donors (Lipinski definition) is 1. The van der Waals surface area contributed by atoms with E-state index in [0.717, 1.165) is 42.3 Å². The largest absolute Gasteiger partial charge is 0.352 e. The Kier molecular flexibility index (Phi) is 10.2. The SMILES string of the molecule is CC[C@@H](C(=O)NC1CCCC1)N(Cc1ccc(Cl)c(Cl)c1)C(=O)CN(c1cc([N+](=O)[O-])ccc1C)S(C)(=O)=O. The van der Waals surface area contributed by atoms with Crippen LogP contribution in [-0.4, -0.2) is 54.9 Å². The van der Waals surface area contributed by atoms with Crippen LogP contribution >= 0.6 is 23.2 Å². The molecule has 2 aromatic rings. The maximum Gasteiger partial charge on any atom is 0.271 e. The van der Waals surface area contributed by atoms with Crippen molar-refractivity contribution in [2.24, 2.45) is 0 Å². The Morgan fingerprint density at radius 3 is 2.36 bits per heavy atom. The fraction of sp³-hybridized carbons (Fsp3) is 0.462. The predicted molar refractivity (Wildman–Crippen MR) is 152 cm³/mol. The molecule has 1 N–H and O–H groups in total. The maximum atomic E-state index is 13.8. The number of aryl methyl sites for hydroxylation is 1. The number of benzene rings is 2. The Labute approximate surface area is 238 Å². The number of non-ortho nitro benzene ring substituents is 1. The van der Waals surface area contributed by atoms with E-state index in [-0.39, 0.29) is 41.3 Å². The average Bonchev–Trinajstić information content (AvgIpc) is 3.37. The van der Waals surface area contributed by atoms with E-state index in [4.69, 9.17) is 23.2 Å². The number of nitrogens with zero attached hydrogens (tertiary/aromatic N) is 3. The van der Waals surface area contributed by atoms with Crippen LogP contribution < -0.4 is 9.62 Å². The number of carbonyl (C=O) groups is 2. The molecule has 212 valence electrons. The molecule has 1 aliphatic rings. The maximum absolute atomic E-state index is 13.8. The zero-order valence-corrected chi connectivity index (χ0v) is 24.4. The molecule has 2 aromatic carbocycles. The molecule has 0 unspecified atom stereocenters. The lowest BCUT2D eigenvalue weighted by atomic mass is 10.1. The monoisotopic (exact) mass is 598 g/mol. The Hall–Kier alpha value is -2.89. The van der Waals surface area contributed by atoms with Gasteiger partial charge in [-0.15, -0.1) is 0 Å². The molecule has 1 aliphatic carbocycles. The number of sulfonamides is 1. The Bertz CT molecular complexity index is 1350. The van der Waals surface area contributed by atoms with Crippen LogP contribution in [0.2, 0.25) is 10.0 Å². The second-order valence-electron chi connectivity index (χ2n) is 9.68. The molecule has 1 saturated carbocycles. The molecule has 1 atom stereocenters. The van der Waals surface area contributed by atoms with Crippen molar-refractivity contribution in [2.45, 2.75) is 64.6 Å². The van der Waals surface area contributed by atoms with Crippen LogP contribution in [0.3, 0.4) is 0 Å². The molecule has 0 bridgehead atoms. The Morgan fingerprint density at radius 1 is 1.13 bits per heavy atom. The van der Waals surface area contributed by atoms with Gasteiger partial charge in [-0.3, -0.25) is 24.0 Å². The molecule has 13 heteroatoms. The molecular formula is C26H32Cl2N4O6S. The van der Waals surface area contributed by atoms with E-state index in [1.165, 1.54) is 17.0 Å². The number of nitro groups is 1. The van der Waals surface area contributed by atoms with Crippen LogP contribution in [0.1, 0.15) is 50.2 Å². The van der Waals surface area contributed by atoms with Crippen LogP contribution in [0.4, 0.5) is 11.4 Å². The van der Waals surface area contributed by atoms with E-state index in [1.807, 2.05) is 0 Å². The van der Waals surface area contributed by atoms with Gasteiger partial charge < -0.3 is 10.2 Å². The fourth-order valence-electron chi connectivity index (χ4n) is 4.70. The van der Waals surface area contributed by atoms with E-state index in [9.17, 15) is 28.1 Å². The summed E-state index contributed by atoms with van der Waals surface area (Å²) in [7, 11) is -4.04. The predicted octanol–water partition coefficient (Wildman–Crippen LogP) is 4.84. The summed E-state index contributed by atoms with van der Waals surface area (Å²) < 4.78 is 26.5. The quantitative estimate of drug-likeness (QED) is 0.291. The molecule has 0 heterocycles. The second-order valence-corrected chi connectivity index (χ2v) is 12.4. The van der Waals surface area contributed by atoms with Gasteiger partial charge in [-0.2, -0.15) is 0 Å². The summed E-state index contributed by atoms with van der Waals surface area (Å²) in [4.78, 5) is 39.3. The summed E-state index contributed by atoms with van der Waals surface area (Å²) in [6.45, 7) is 2.68. The van der Waals surface area contributed by atoms with Crippen LogP contribution in [0.5, 0.6) is 0 Å². The molecule has 0 radical (unpaired) electrons. The Morgan fingerprint density at radius 2 is 1.79 bits per heavy atom. The molecule has 10 nitrogen and oxygen atoms in total. The Balaban J connectivity index is 2.00. The lowest BCUT2D eigenvalue weighted by Crippen LogP contribution is -2.53. The first-order chi connectivity index (χ1) is 18.3. The van der Waals surface area contributed by atoms with Gasteiger partial charge in [0.05, 0.1) is 26.9 Å². The topological polar surface area (TPSA) is 130 Å². The summed E-state index contributed by atoms with van der Waals surface area (Å²) in [5.41, 5.74) is 0.730. The average molecular weight is 600 g/mol. The summed E-state index contributed by atoms with van der Waals surface area (Å²) in [6.07, 6.45) is 4.94. The lowest BCUT2D eigenvalue weighted by Gasteiger charge is -2.33. The minimum absolute atomic E-state index is 0.0120. The first-order valence-electron chi connectivity index (χ1n) is 12.6. The molecular weight excluding hydrogens is 567 g/mol. The minimum atomic E-state index is -4.04. The van der Waals surface area contributed by atoms with Crippen LogP contribution in [0.25, 0.3) is 0 Å². The highest BCUT2D eigenvalue weighted by atomic mass is 35.5. The van der Waals surface area contributed by atoms with E-state index >= 15 is 0 Å². The van der Waals surface area contributed by atoms with E-state index in [2.05, 4.69) is 5.32 Å². The fourth-order valence-corrected chi connectivity index (χ4v) is 5.92. The number of rotatable bonds is 11. The number of carbonyl (C=O) groups excluding carboxylic acids is 2. The normalized spacial score (nSPS) is 14.6. The van der Waals surface area contributed by atoms with Gasteiger partial charge in [0.15, 0.2) is 0 Å². The van der Waals surface area contributed by atoms with Gasteiger partial charge in [-0.05, 0) is 49.4 Å². The van der Waals surface area contributed by atoms with Crippen molar-refractivity contribution in [1.82, 2.24) is 10.2 Å². The number of anilines is 1. The van der Waals surface area contributed by atoms with Crippen molar-refractivity contribution >= 4 is 56.4 Å². The van der Waals surface area contributed by atoms with Gasteiger partial charge in [0.25, 0.3) is 5.69 Å². The van der Waals surface area contributed by atoms with Gasteiger partial charge in [0.1, 0.15) is 12.6 Å². The number of nitrogens with one attached hydrogen (secondary N) is 1. The van der Waals surface area contributed by atoms with Crippen molar-refractivity contribution in [2.75, 3.05) is 17.1 Å². The van der Waals surface area contributed by atoms with Gasteiger partial charge in [-0.1, -0.05) is 55.1 Å².